The van der Waals surface area contributed by atoms with Crippen molar-refractivity contribution in [3.8, 4) is 11.1 Å². The zero-order valence-electron chi connectivity index (χ0n) is 15.0. The molecule has 146 valence electrons. The van der Waals surface area contributed by atoms with Crippen LogP contribution in [0.3, 0.4) is 0 Å². The Morgan fingerprint density at radius 1 is 0.759 bits per heavy atom. The van der Waals surface area contributed by atoms with Gasteiger partial charge >= 0.3 is 6.18 Å². The Kier molecular flexibility index (Phi) is 4.26. The number of alkyl halides is 3. The molecule has 1 aliphatic heterocycles. The van der Waals surface area contributed by atoms with Gasteiger partial charge in [-0.2, -0.15) is 13.2 Å². The summed E-state index contributed by atoms with van der Waals surface area (Å²) in [6.45, 7) is 1.63. The largest absolute Gasteiger partial charge is 0.417 e. The van der Waals surface area contributed by atoms with Gasteiger partial charge in [-0.05, 0) is 48.4 Å². The molecule has 0 aromatic heterocycles. The molecule has 0 N–H and O–H groups in total. The molecule has 29 heavy (non-hydrogen) atoms. The average Bonchev–Trinajstić information content (AvgIpc) is 2.92. The number of hydrogen-bond donors (Lipinski definition) is 0. The topological polar surface area (TPSA) is 37.4 Å². The summed E-state index contributed by atoms with van der Waals surface area (Å²) in [6, 6.07) is 12.9. The molecule has 7 heteroatoms. The Morgan fingerprint density at radius 2 is 1.34 bits per heavy atom. The van der Waals surface area contributed by atoms with Crippen LogP contribution >= 0.6 is 0 Å². The van der Waals surface area contributed by atoms with Gasteiger partial charge < -0.3 is 0 Å². The van der Waals surface area contributed by atoms with E-state index in [1.165, 1.54) is 30.3 Å². The van der Waals surface area contributed by atoms with E-state index in [1.54, 1.807) is 19.1 Å². The van der Waals surface area contributed by atoms with E-state index in [4.69, 9.17) is 0 Å². The normalized spacial score (nSPS) is 13.8. The molecule has 0 fully saturated rings. The molecule has 0 saturated carbocycles. The molecule has 1 aliphatic rings. The highest BCUT2D eigenvalue weighted by Gasteiger charge is 2.39. The lowest BCUT2D eigenvalue weighted by Gasteiger charge is -2.19. The van der Waals surface area contributed by atoms with Crippen molar-refractivity contribution in [3.63, 3.8) is 0 Å². The summed E-state index contributed by atoms with van der Waals surface area (Å²) < 4.78 is 55.6. The number of anilines is 1. The molecule has 0 spiro atoms. The standard InChI is InChI=1S/C22H13F4NO2/c1-12-6-8-15(19(23)10-12)14-9-7-13(11-18(14)22(24,25)26)27-20(28)16-4-2-3-5-17(16)21(27)29/h2-11H,1H3. The number of halogens is 4. The van der Waals surface area contributed by atoms with E-state index in [2.05, 4.69) is 0 Å². The van der Waals surface area contributed by atoms with Crippen LogP contribution in [0.4, 0.5) is 23.2 Å². The maximum absolute atomic E-state index is 14.3. The van der Waals surface area contributed by atoms with Crippen molar-refractivity contribution in [3.05, 3.63) is 88.7 Å². The molecule has 1 heterocycles. The predicted octanol–water partition coefficient (Wildman–Crippen LogP) is 5.62. The Hall–Kier alpha value is -3.48. The number of hydrogen-bond acceptors (Lipinski definition) is 2. The monoisotopic (exact) mass is 399 g/mol. The summed E-state index contributed by atoms with van der Waals surface area (Å²) in [5.74, 6) is -2.19. The highest BCUT2D eigenvalue weighted by atomic mass is 19.4. The Labute approximate surface area is 163 Å². The molecule has 0 unspecified atom stereocenters. The third-order valence-electron chi connectivity index (χ3n) is 4.78. The summed E-state index contributed by atoms with van der Waals surface area (Å²) in [7, 11) is 0. The molecule has 2 amide bonds. The van der Waals surface area contributed by atoms with Crippen molar-refractivity contribution < 1.29 is 27.2 Å². The summed E-state index contributed by atoms with van der Waals surface area (Å²) >= 11 is 0. The number of benzene rings is 3. The molecule has 0 radical (unpaired) electrons. The van der Waals surface area contributed by atoms with Crippen molar-refractivity contribution in [2.24, 2.45) is 0 Å². The van der Waals surface area contributed by atoms with Gasteiger partial charge in [0.25, 0.3) is 11.8 Å². The number of rotatable bonds is 2. The van der Waals surface area contributed by atoms with E-state index < -0.39 is 29.4 Å². The highest BCUT2D eigenvalue weighted by molar-refractivity contribution is 6.34. The van der Waals surface area contributed by atoms with Gasteiger partial charge in [-0.3, -0.25) is 9.59 Å². The van der Waals surface area contributed by atoms with Crippen molar-refractivity contribution in [2.45, 2.75) is 13.1 Å². The molecule has 0 aliphatic carbocycles. The van der Waals surface area contributed by atoms with Crippen LogP contribution in [0.5, 0.6) is 0 Å². The second-order valence-corrected chi connectivity index (χ2v) is 6.70. The SMILES string of the molecule is Cc1ccc(-c2ccc(N3C(=O)c4ccccc4C3=O)cc2C(F)(F)F)c(F)c1. The van der Waals surface area contributed by atoms with E-state index in [-0.39, 0.29) is 27.9 Å². The van der Waals surface area contributed by atoms with Crippen LogP contribution in [0, 0.1) is 12.7 Å². The molecule has 0 bridgehead atoms. The van der Waals surface area contributed by atoms with E-state index in [0.717, 1.165) is 12.1 Å². The minimum Gasteiger partial charge on any atom is -0.268 e. The number of imide groups is 1. The summed E-state index contributed by atoms with van der Waals surface area (Å²) in [5, 5.41) is 0. The summed E-state index contributed by atoms with van der Waals surface area (Å²) in [5.41, 5.74) is -1.11. The second kappa shape index (κ2) is 6.55. The van der Waals surface area contributed by atoms with Gasteiger partial charge in [-0.15, -0.1) is 0 Å². The molecule has 0 atom stereocenters. The number of fused-ring (bicyclic) bond motifs is 1. The van der Waals surface area contributed by atoms with E-state index >= 15 is 0 Å². The Balaban J connectivity index is 1.86. The lowest BCUT2D eigenvalue weighted by Crippen LogP contribution is -2.29. The fourth-order valence-corrected chi connectivity index (χ4v) is 3.40. The van der Waals surface area contributed by atoms with Crippen molar-refractivity contribution in [2.75, 3.05) is 4.90 Å². The third-order valence-corrected chi connectivity index (χ3v) is 4.78. The number of nitrogens with zero attached hydrogens (tertiary/aromatic N) is 1. The number of amides is 2. The van der Waals surface area contributed by atoms with Crippen LogP contribution in [-0.2, 0) is 6.18 Å². The van der Waals surface area contributed by atoms with Crippen molar-refractivity contribution in [1.29, 1.82) is 0 Å². The van der Waals surface area contributed by atoms with Gasteiger partial charge in [0.05, 0.1) is 22.4 Å². The third kappa shape index (κ3) is 3.08. The zero-order chi connectivity index (χ0) is 20.9. The van der Waals surface area contributed by atoms with Crippen LogP contribution in [0.2, 0.25) is 0 Å². The fraction of sp³-hybridized carbons (Fsp3) is 0.0909. The summed E-state index contributed by atoms with van der Waals surface area (Å²) in [4.78, 5) is 25.9. The second-order valence-electron chi connectivity index (χ2n) is 6.70. The highest BCUT2D eigenvalue weighted by Crippen LogP contribution is 2.41. The number of carbonyl (C=O) groups excluding carboxylic acids is 2. The van der Waals surface area contributed by atoms with Crippen molar-refractivity contribution >= 4 is 17.5 Å². The minimum absolute atomic E-state index is 0.125. The Morgan fingerprint density at radius 3 is 1.90 bits per heavy atom. The molecule has 4 rings (SSSR count). The summed E-state index contributed by atoms with van der Waals surface area (Å²) in [6.07, 6.45) is -4.82. The van der Waals surface area contributed by atoms with E-state index in [1.807, 2.05) is 0 Å². The van der Waals surface area contributed by atoms with Crippen LogP contribution < -0.4 is 4.90 Å². The number of aryl methyl sites for hydroxylation is 1. The van der Waals surface area contributed by atoms with Crippen LogP contribution in [0.1, 0.15) is 31.8 Å². The van der Waals surface area contributed by atoms with Gasteiger partial charge in [0.15, 0.2) is 0 Å². The van der Waals surface area contributed by atoms with Gasteiger partial charge in [-0.25, -0.2) is 9.29 Å². The van der Waals surface area contributed by atoms with Crippen LogP contribution in [0.25, 0.3) is 11.1 Å². The van der Waals surface area contributed by atoms with Crippen LogP contribution in [0.15, 0.2) is 60.7 Å². The average molecular weight is 399 g/mol. The van der Waals surface area contributed by atoms with Gasteiger partial charge in [0, 0.05) is 5.56 Å². The maximum Gasteiger partial charge on any atom is 0.417 e. The lowest BCUT2D eigenvalue weighted by molar-refractivity contribution is -0.137. The smallest absolute Gasteiger partial charge is 0.268 e. The van der Waals surface area contributed by atoms with Gasteiger partial charge in [-0.1, -0.05) is 30.3 Å². The molecule has 3 nitrogen and oxygen atoms in total. The van der Waals surface area contributed by atoms with Gasteiger partial charge in [0.1, 0.15) is 5.82 Å². The molecular weight excluding hydrogens is 386 g/mol. The number of carbonyl (C=O) groups is 2. The molecule has 3 aromatic carbocycles. The molecule has 3 aromatic rings. The quantitative estimate of drug-likeness (QED) is 0.414. The first kappa shape index (κ1) is 18.9. The molecular formula is C22H13F4NO2. The van der Waals surface area contributed by atoms with Crippen molar-refractivity contribution in [1.82, 2.24) is 0 Å². The minimum atomic E-state index is -4.82. The zero-order valence-corrected chi connectivity index (χ0v) is 15.0. The Bertz CT molecular complexity index is 1130. The lowest BCUT2D eigenvalue weighted by atomic mass is 9.97. The first-order valence-electron chi connectivity index (χ1n) is 8.64. The van der Waals surface area contributed by atoms with E-state index in [9.17, 15) is 27.2 Å². The first-order valence-corrected chi connectivity index (χ1v) is 8.64. The molecule has 0 saturated heterocycles. The van der Waals surface area contributed by atoms with E-state index in [0.29, 0.717) is 16.5 Å². The van der Waals surface area contributed by atoms with Gasteiger partial charge in [0.2, 0.25) is 0 Å². The predicted molar refractivity (Wildman–Crippen MR) is 99.2 cm³/mol. The fourth-order valence-electron chi connectivity index (χ4n) is 3.40. The van der Waals surface area contributed by atoms with Crippen LogP contribution in [-0.4, -0.2) is 11.8 Å². The maximum atomic E-state index is 14.3. The first-order chi connectivity index (χ1) is 13.7.